The van der Waals surface area contributed by atoms with Crippen LogP contribution in [0.25, 0.3) is 0 Å². The first kappa shape index (κ1) is 12.3. The standard InChI is InChI=1S/C12H14BrN3OS/c1-7-15-12(16-17-7)6-14-9-3-2-4-10-8(9)5-11(13)18-10/h5,9,14H,2-4,6H2,1H3. The van der Waals surface area contributed by atoms with E-state index in [-0.39, 0.29) is 0 Å². The van der Waals surface area contributed by atoms with Crippen molar-refractivity contribution in [2.75, 3.05) is 0 Å². The minimum atomic E-state index is 0.412. The van der Waals surface area contributed by atoms with Crippen molar-refractivity contribution in [3.63, 3.8) is 0 Å². The van der Waals surface area contributed by atoms with E-state index in [1.807, 2.05) is 18.3 Å². The second-order valence-electron chi connectivity index (χ2n) is 4.48. The van der Waals surface area contributed by atoms with Crippen molar-refractivity contribution in [3.8, 4) is 0 Å². The summed E-state index contributed by atoms with van der Waals surface area (Å²) in [7, 11) is 0. The maximum absolute atomic E-state index is 4.97. The Morgan fingerprint density at radius 3 is 3.28 bits per heavy atom. The molecule has 1 aliphatic carbocycles. The zero-order valence-electron chi connectivity index (χ0n) is 10.1. The molecule has 4 nitrogen and oxygen atoms in total. The summed E-state index contributed by atoms with van der Waals surface area (Å²) >= 11 is 5.42. The van der Waals surface area contributed by atoms with Crippen molar-refractivity contribution < 1.29 is 4.52 Å². The maximum atomic E-state index is 4.97. The molecule has 0 amide bonds. The summed E-state index contributed by atoms with van der Waals surface area (Å²) in [6.45, 7) is 2.47. The van der Waals surface area contributed by atoms with Crippen molar-refractivity contribution in [3.05, 3.63) is 32.0 Å². The summed E-state index contributed by atoms with van der Waals surface area (Å²) in [4.78, 5) is 5.70. The summed E-state index contributed by atoms with van der Waals surface area (Å²) in [5.41, 5.74) is 1.43. The molecule has 0 spiro atoms. The molecule has 0 aromatic carbocycles. The van der Waals surface area contributed by atoms with Crippen LogP contribution in [0.1, 0.15) is 41.0 Å². The first-order valence-electron chi connectivity index (χ1n) is 6.03. The van der Waals surface area contributed by atoms with E-state index >= 15 is 0 Å². The van der Waals surface area contributed by atoms with Crippen LogP contribution in [0, 0.1) is 6.92 Å². The number of rotatable bonds is 3. The first-order valence-corrected chi connectivity index (χ1v) is 7.64. The second kappa shape index (κ2) is 5.11. The number of hydrogen-bond acceptors (Lipinski definition) is 5. The molecule has 96 valence electrons. The smallest absolute Gasteiger partial charge is 0.223 e. The zero-order chi connectivity index (χ0) is 12.5. The van der Waals surface area contributed by atoms with Crippen molar-refractivity contribution >= 4 is 27.3 Å². The Hall–Kier alpha value is -0.720. The van der Waals surface area contributed by atoms with Gasteiger partial charge in [0.05, 0.1) is 10.3 Å². The lowest BCUT2D eigenvalue weighted by molar-refractivity contribution is 0.381. The summed E-state index contributed by atoms with van der Waals surface area (Å²) in [5.74, 6) is 1.35. The SMILES string of the molecule is Cc1nc(CNC2CCCc3sc(Br)cc32)no1. The number of halogens is 1. The maximum Gasteiger partial charge on any atom is 0.223 e. The first-order chi connectivity index (χ1) is 8.72. The van der Waals surface area contributed by atoms with Crippen LogP contribution >= 0.6 is 27.3 Å². The van der Waals surface area contributed by atoms with Crippen LogP contribution in [-0.4, -0.2) is 10.1 Å². The van der Waals surface area contributed by atoms with Gasteiger partial charge in [0.25, 0.3) is 0 Å². The van der Waals surface area contributed by atoms with E-state index in [1.165, 1.54) is 33.5 Å². The molecule has 2 aromatic rings. The lowest BCUT2D eigenvalue weighted by Gasteiger charge is -2.23. The molecule has 0 saturated heterocycles. The van der Waals surface area contributed by atoms with E-state index < -0.39 is 0 Å². The average Bonchev–Trinajstić information content (AvgIpc) is 2.91. The van der Waals surface area contributed by atoms with Crippen LogP contribution in [0.4, 0.5) is 0 Å². The molecule has 0 radical (unpaired) electrons. The highest BCUT2D eigenvalue weighted by Crippen LogP contribution is 2.37. The third kappa shape index (κ3) is 2.50. The highest BCUT2D eigenvalue weighted by atomic mass is 79.9. The van der Waals surface area contributed by atoms with E-state index in [2.05, 4.69) is 37.5 Å². The normalized spacial score (nSPS) is 18.9. The summed E-state index contributed by atoms with van der Waals surface area (Å²) in [6, 6.07) is 2.65. The van der Waals surface area contributed by atoms with Gasteiger partial charge in [-0.3, -0.25) is 0 Å². The van der Waals surface area contributed by atoms with Gasteiger partial charge in [0, 0.05) is 17.8 Å². The summed E-state index contributed by atoms with van der Waals surface area (Å²) < 4.78 is 6.19. The number of thiophene rings is 1. The van der Waals surface area contributed by atoms with Gasteiger partial charge in [0.1, 0.15) is 0 Å². The number of aryl methyl sites for hydroxylation is 2. The molecule has 1 N–H and O–H groups in total. The van der Waals surface area contributed by atoms with E-state index in [0.717, 1.165) is 5.82 Å². The van der Waals surface area contributed by atoms with Gasteiger partial charge < -0.3 is 9.84 Å². The predicted octanol–water partition coefficient (Wildman–Crippen LogP) is 3.37. The number of fused-ring (bicyclic) bond motifs is 1. The number of hydrogen-bond donors (Lipinski definition) is 1. The lowest BCUT2D eigenvalue weighted by atomic mass is 9.94. The molecule has 1 aliphatic rings. The molecule has 2 aromatic heterocycles. The fraction of sp³-hybridized carbons (Fsp3) is 0.500. The molecule has 2 heterocycles. The molecule has 1 unspecified atom stereocenters. The molecule has 6 heteroatoms. The average molecular weight is 328 g/mol. The molecule has 0 aliphatic heterocycles. The van der Waals surface area contributed by atoms with Crippen molar-refractivity contribution in [1.29, 1.82) is 0 Å². The van der Waals surface area contributed by atoms with Crippen LogP contribution in [0.15, 0.2) is 14.4 Å². The van der Waals surface area contributed by atoms with Crippen LogP contribution in [0.5, 0.6) is 0 Å². The van der Waals surface area contributed by atoms with Crippen LogP contribution in [0.2, 0.25) is 0 Å². The zero-order valence-corrected chi connectivity index (χ0v) is 12.5. The van der Waals surface area contributed by atoms with Crippen LogP contribution in [-0.2, 0) is 13.0 Å². The Kier molecular flexibility index (Phi) is 3.50. The van der Waals surface area contributed by atoms with Crippen LogP contribution in [0.3, 0.4) is 0 Å². The molecular formula is C12H14BrN3OS. The Bertz CT molecular complexity index is 551. The molecule has 0 saturated carbocycles. The van der Waals surface area contributed by atoms with Gasteiger partial charge in [-0.15, -0.1) is 11.3 Å². The highest BCUT2D eigenvalue weighted by molar-refractivity contribution is 9.11. The van der Waals surface area contributed by atoms with Gasteiger partial charge >= 0.3 is 0 Å². The van der Waals surface area contributed by atoms with E-state index in [4.69, 9.17) is 4.52 Å². The fourth-order valence-electron chi connectivity index (χ4n) is 2.36. The topological polar surface area (TPSA) is 51.0 Å². The van der Waals surface area contributed by atoms with Gasteiger partial charge in [-0.2, -0.15) is 4.98 Å². The largest absolute Gasteiger partial charge is 0.340 e. The Morgan fingerprint density at radius 1 is 1.61 bits per heavy atom. The monoisotopic (exact) mass is 327 g/mol. The van der Waals surface area contributed by atoms with Gasteiger partial charge in [-0.25, -0.2) is 0 Å². The van der Waals surface area contributed by atoms with Crippen molar-refractivity contribution in [2.45, 2.75) is 38.8 Å². The van der Waals surface area contributed by atoms with E-state index in [9.17, 15) is 0 Å². The van der Waals surface area contributed by atoms with Crippen molar-refractivity contribution in [2.24, 2.45) is 0 Å². The third-order valence-corrected chi connectivity index (χ3v) is 4.87. The molecule has 1 atom stereocenters. The summed E-state index contributed by atoms with van der Waals surface area (Å²) in [5, 5.41) is 7.43. The minimum Gasteiger partial charge on any atom is -0.340 e. The number of nitrogens with one attached hydrogen (secondary N) is 1. The Morgan fingerprint density at radius 2 is 2.50 bits per heavy atom. The van der Waals surface area contributed by atoms with Gasteiger partial charge in [-0.1, -0.05) is 5.16 Å². The van der Waals surface area contributed by atoms with Crippen molar-refractivity contribution in [1.82, 2.24) is 15.5 Å². The molecule has 0 bridgehead atoms. The second-order valence-corrected chi connectivity index (χ2v) is 7.00. The van der Waals surface area contributed by atoms with Gasteiger partial charge in [0.15, 0.2) is 5.82 Å². The molecule has 0 fully saturated rings. The fourth-order valence-corrected chi connectivity index (χ4v) is 4.18. The highest BCUT2D eigenvalue weighted by Gasteiger charge is 2.22. The van der Waals surface area contributed by atoms with E-state index in [0.29, 0.717) is 18.5 Å². The van der Waals surface area contributed by atoms with Gasteiger partial charge in [-0.05, 0) is 46.8 Å². The van der Waals surface area contributed by atoms with Gasteiger partial charge in [0.2, 0.25) is 5.89 Å². The summed E-state index contributed by atoms with van der Waals surface area (Å²) in [6.07, 6.45) is 3.61. The predicted molar refractivity (Wildman–Crippen MR) is 73.6 cm³/mol. The third-order valence-electron chi connectivity index (χ3n) is 3.16. The molecular weight excluding hydrogens is 314 g/mol. The number of nitrogens with zero attached hydrogens (tertiary/aromatic N) is 2. The Balaban J connectivity index is 1.70. The Labute approximate surface area is 118 Å². The quantitative estimate of drug-likeness (QED) is 0.939. The van der Waals surface area contributed by atoms with Crippen LogP contribution < -0.4 is 5.32 Å². The molecule has 3 rings (SSSR count). The molecule has 18 heavy (non-hydrogen) atoms. The number of aromatic nitrogens is 2. The van der Waals surface area contributed by atoms with E-state index in [1.54, 1.807) is 0 Å². The minimum absolute atomic E-state index is 0.412. The lowest BCUT2D eigenvalue weighted by Crippen LogP contribution is -2.24.